The van der Waals surface area contributed by atoms with Gasteiger partial charge in [0.25, 0.3) is 5.91 Å². The van der Waals surface area contributed by atoms with Crippen molar-refractivity contribution < 1.29 is 14.1 Å². The van der Waals surface area contributed by atoms with Crippen LogP contribution in [0.5, 0.6) is 0 Å². The Morgan fingerprint density at radius 1 is 1.48 bits per heavy atom. The zero-order valence-electron chi connectivity index (χ0n) is 13.6. The van der Waals surface area contributed by atoms with Crippen LogP contribution in [0.2, 0.25) is 0 Å². The minimum Gasteiger partial charge on any atom is -0.377 e. The van der Waals surface area contributed by atoms with Gasteiger partial charge in [-0.2, -0.15) is 0 Å². The van der Waals surface area contributed by atoms with Gasteiger partial charge in [-0.15, -0.1) is 11.8 Å². The maximum Gasteiger partial charge on any atom is 0.292 e. The summed E-state index contributed by atoms with van der Waals surface area (Å²) >= 11 is 1.98. The lowest BCUT2D eigenvalue weighted by atomic mass is 9.92. The largest absolute Gasteiger partial charge is 0.377 e. The van der Waals surface area contributed by atoms with Gasteiger partial charge in [-0.25, -0.2) is 0 Å². The number of rotatable bonds is 4. The van der Waals surface area contributed by atoms with Crippen molar-refractivity contribution in [2.45, 2.75) is 49.9 Å². The highest BCUT2D eigenvalue weighted by atomic mass is 32.2. The van der Waals surface area contributed by atoms with E-state index in [-0.39, 0.29) is 10.7 Å². The van der Waals surface area contributed by atoms with Crippen LogP contribution in [-0.2, 0) is 4.74 Å². The first-order valence-corrected chi connectivity index (χ1v) is 9.60. The Balaban J connectivity index is 1.25. The first-order chi connectivity index (χ1) is 11.1. The third kappa shape index (κ3) is 3.15. The van der Waals surface area contributed by atoms with Crippen LogP contribution in [-0.4, -0.2) is 52.3 Å². The third-order valence-electron chi connectivity index (χ3n) is 5.30. The number of hydrogen-bond donors (Lipinski definition) is 0. The normalized spacial score (nSPS) is 26.8. The molecule has 6 heteroatoms. The number of carbonyl (C=O) groups is 1. The molecule has 0 N–H and O–H groups in total. The number of aryl methyl sites for hydroxylation is 1. The molecule has 1 aromatic heterocycles. The highest BCUT2D eigenvalue weighted by molar-refractivity contribution is 8.01. The lowest BCUT2D eigenvalue weighted by Gasteiger charge is -2.47. The average molecular weight is 336 g/mol. The van der Waals surface area contributed by atoms with E-state index in [0.29, 0.717) is 11.9 Å². The second-order valence-electron chi connectivity index (χ2n) is 7.30. The number of amides is 1. The maximum absolute atomic E-state index is 12.3. The molecule has 1 aromatic rings. The summed E-state index contributed by atoms with van der Waals surface area (Å²) in [4.78, 5) is 14.2. The van der Waals surface area contributed by atoms with Crippen LogP contribution in [0.3, 0.4) is 0 Å². The van der Waals surface area contributed by atoms with E-state index in [2.05, 4.69) is 5.16 Å². The number of likely N-dealkylation sites (tertiary alicyclic amines) is 1. The molecule has 2 aliphatic heterocycles. The molecule has 1 amide bonds. The Hall–Kier alpha value is -1.01. The predicted octanol–water partition coefficient (Wildman–Crippen LogP) is 2.89. The summed E-state index contributed by atoms with van der Waals surface area (Å²) in [5.41, 5.74) is 0.749. The van der Waals surface area contributed by atoms with Crippen LogP contribution in [0.15, 0.2) is 10.6 Å². The van der Waals surface area contributed by atoms with Crippen LogP contribution in [0.1, 0.15) is 48.4 Å². The maximum atomic E-state index is 12.3. The summed E-state index contributed by atoms with van der Waals surface area (Å²) < 4.78 is 11.4. The molecule has 1 saturated carbocycles. The van der Waals surface area contributed by atoms with Crippen molar-refractivity contribution in [2.24, 2.45) is 5.92 Å². The van der Waals surface area contributed by atoms with Gasteiger partial charge in [0.2, 0.25) is 5.76 Å². The van der Waals surface area contributed by atoms with Crippen molar-refractivity contribution in [3.05, 3.63) is 17.5 Å². The lowest BCUT2D eigenvalue weighted by Crippen LogP contribution is -2.60. The molecule has 0 radical (unpaired) electrons. The second-order valence-corrected chi connectivity index (χ2v) is 8.79. The number of hydrogen-bond acceptors (Lipinski definition) is 5. The molecule has 23 heavy (non-hydrogen) atoms. The Labute approximate surface area is 141 Å². The molecule has 1 aliphatic carbocycles. The minimum absolute atomic E-state index is 0.0350. The molecule has 3 aliphatic rings. The van der Waals surface area contributed by atoms with Crippen molar-refractivity contribution in [1.29, 1.82) is 0 Å². The zero-order chi connectivity index (χ0) is 15.9. The molecule has 126 valence electrons. The van der Waals surface area contributed by atoms with E-state index in [1.54, 1.807) is 6.07 Å². The summed E-state index contributed by atoms with van der Waals surface area (Å²) in [6.45, 7) is 4.37. The van der Waals surface area contributed by atoms with Crippen molar-refractivity contribution >= 4 is 17.7 Å². The summed E-state index contributed by atoms with van der Waals surface area (Å²) in [5.74, 6) is 2.17. The number of nitrogens with zero attached hydrogens (tertiary/aromatic N) is 2. The van der Waals surface area contributed by atoms with Crippen LogP contribution in [0.4, 0.5) is 0 Å². The zero-order valence-corrected chi connectivity index (χ0v) is 14.4. The van der Waals surface area contributed by atoms with Gasteiger partial charge in [-0.3, -0.25) is 4.79 Å². The minimum atomic E-state index is -0.0350. The fourth-order valence-corrected chi connectivity index (χ4v) is 5.54. The van der Waals surface area contributed by atoms with Crippen LogP contribution >= 0.6 is 11.8 Å². The van der Waals surface area contributed by atoms with Gasteiger partial charge in [0.15, 0.2) is 0 Å². The topological polar surface area (TPSA) is 55.6 Å². The summed E-state index contributed by atoms with van der Waals surface area (Å²) in [5, 5.41) is 3.79. The second kappa shape index (κ2) is 6.13. The van der Waals surface area contributed by atoms with Crippen molar-refractivity contribution in [3.8, 4) is 0 Å². The van der Waals surface area contributed by atoms with Gasteiger partial charge < -0.3 is 14.2 Å². The van der Waals surface area contributed by atoms with Gasteiger partial charge in [0.05, 0.1) is 16.5 Å². The summed E-state index contributed by atoms with van der Waals surface area (Å²) in [6.07, 6.45) is 6.85. The van der Waals surface area contributed by atoms with Crippen molar-refractivity contribution in [1.82, 2.24) is 10.1 Å². The van der Waals surface area contributed by atoms with Crippen LogP contribution in [0, 0.1) is 12.8 Å². The Morgan fingerprint density at radius 2 is 2.26 bits per heavy atom. The SMILES string of the molecule is Cc1cc(C(=O)N2CC3(CC(OCC4CCCC4)CS3)C2)on1. The average Bonchev–Trinajstić information content (AvgIpc) is 3.23. The molecule has 1 atom stereocenters. The number of carbonyl (C=O) groups excluding carboxylic acids is 1. The fraction of sp³-hybridized carbons (Fsp3) is 0.765. The predicted molar refractivity (Wildman–Crippen MR) is 88.6 cm³/mol. The monoisotopic (exact) mass is 336 g/mol. The van der Waals surface area contributed by atoms with Gasteiger partial charge in [-0.1, -0.05) is 18.0 Å². The van der Waals surface area contributed by atoms with Crippen LogP contribution < -0.4 is 0 Å². The Kier molecular flexibility index (Phi) is 4.13. The standard InChI is InChI=1S/C17H24N2O3S/c1-12-6-15(22-18-12)16(20)19-10-17(11-19)7-14(9-23-17)21-8-13-4-2-3-5-13/h6,13-14H,2-5,7-11H2,1H3. The van der Waals surface area contributed by atoms with Gasteiger partial charge in [0, 0.05) is 31.5 Å². The van der Waals surface area contributed by atoms with E-state index < -0.39 is 0 Å². The molecule has 4 rings (SSSR count). The summed E-state index contributed by atoms with van der Waals surface area (Å²) in [6, 6.07) is 1.71. The van der Waals surface area contributed by atoms with Gasteiger partial charge in [-0.05, 0) is 32.1 Å². The fourth-order valence-electron chi connectivity index (χ4n) is 3.99. The quantitative estimate of drug-likeness (QED) is 0.846. The smallest absolute Gasteiger partial charge is 0.292 e. The Morgan fingerprint density at radius 3 is 2.96 bits per heavy atom. The molecule has 5 nitrogen and oxygen atoms in total. The molecule has 2 saturated heterocycles. The molecule has 1 spiro atoms. The first kappa shape index (κ1) is 15.5. The Bertz CT molecular complexity index is 576. The van der Waals surface area contributed by atoms with E-state index in [0.717, 1.165) is 43.5 Å². The lowest BCUT2D eigenvalue weighted by molar-refractivity contribution is 0.0186. The van der Waals surface area contributed by atoms with E-state index in [1.807, 2.05) is 23.6 Å². The van der Waals surface area contributed by atoms with Crippen molar-refractivity contribution in [3.63, 3.8) is 0 Å². The number of thioether (sulfide) groups is 1. The van der Waals surface area contributed by atoms with E-state index >= 15 is 0 Å². The molecular weight excluding hydrogens is 312 g/mol. The molecule has 0 aromatic carbocycles. The number of ether oxygens (including phenoxy) is 1. The van der Waals surface area contributed by atoms with Gasteiger partial charge >= 0.3 is 0 Å². The summed E-state index contributed by atoms with van der Waals surface area (Å²) in [7, 11) is 0. The third-order valence-corrected chi connectivity index (χ3v) is 6.88. The number of aromatic nitrogens is 1. The van der Waals surface area contributed by atoms with Crippen molar-refractivity contribution in [2.75, 3.05) is 25.4 Å². The molecular formula is C17H24N2O3S. The molecule has 3 fully saturated rings. The highest BCUT2D eigenvalue weighted by Gasteiger charge is 2.51. The van der Waals surface area contributed by atoms with E-state index in [9.17, 15) is 4.79 Å². The highest BCUT2D eigenvalue weighted by Crippen LogP contribution is 2.46. The molecule has 1 unspecified atom stereocenters. The van der Waals surface area contributed by atoms with Gasteiger partial charge in [0.1, 0.15) is 0 Å². The molecule has 3 heterocycles. The first-order valence-electron chi connectivity index (χ1n) is 8.62. The van der Waals surface area contributed by atoms with E-state index in [1.165, 1.54) is 25.7 Å². The van der Waals surface area contributed by atoms with Crippen LogP contribution in [0.25, 0.3) is 0 Å². The van der Waals surface area contributed by atoms with E-state index in [4.69, 9.17) is 9.26 Å². The molecule has 0 bridgehead atoms.